The van der Waals surface area contributed by atoms with Crippen LogP contribution in [-0.2, 0) is 63.4 Å². The smallest absolute Gasteiger partial charge is 0 e. The monoisotopic (exact) mass is 916 g/mol. The second-order valence-corrected chi connectivity index (χ2v) is 23.7. The molecular weight excluding hydrogens is 854 g/mol. The van der Waals surface area contributed by atoms with Crippen molar-refractivity contribution in [2.45, 2.75) is 151 Å². The summed E-state index contributed by atoms with van der Waals surface area (Å²) >= 11 is 13.0. The molecule has 0 bridgehead atoms. The van der Waals surface area contributed by atoms with Crippen LogP contribution in [-0.4, -0.2) is 26.9 Å². The third-order valence-electron chi connectivity index (χ3n) is 8.76. The van der Waals surface area contributed by atoms with Gasteiger partial charge in [0.1, 0.15) is 0 Å². The summed E-state index contributed by atoms with van der Waals surface area (Å²) in [6.07, 6.45) is 2.42. The van der Waals surface area contributed by atoms with Crippen LogP contribution in [0.15, 0.2) is 87.5 Å². The summed E-state index contributed by atoms with van der Waals surface area (Å²) in [7, 11) is 0. The van der Waals surface area contributed by atoms with Gasteiger partial charge in [0.15, 0.2) is 0 Å². The molecule has 0 heterocycles. The van der Waals surface area contributed by atoms with Gasteiger partial charge in [0.05, 0.1) is 0 Å². The Morgan fingerprint density at radius 1 is 0.547 bits per heavy atom. The van der Waals surface area contributed by atoms with Crippen LogP contribution in [0, 0.1) is 0 Å². The molecule has 4 aromatic rings. The first-order valence-electron chi connectivity index (χ1n) is 18.8. The second kappa shape index (κ2) is 20.1. The summed E-state index contributed by atoms with van der Waals surface area (Å²) in [5.74, 6) is 1.10. The Bertz CT molecular complexity index is 1640. The Hall–Kier alpha value is -1.44. The van der Waals surface area contributed by atoms with E-state index in [0.29, 0.717) is 0 Å². The van der Waals surface area contributed by atoms with E-state index in [4.69, 9.17) is 35.9 Å². The van der Waals surface area contributed by atoms with Crippen LogP contribution in [0.4, 0.5) is 22.7 Å². The van der Waals surface area contributed by atoms with E-state index in [0.717, 1.165) is 44.7 Å². The van der Waals surface area contributed by atoms with Crippen molar-refractivity contribution in [3.63, 3.8) is 0 Å². The maximum absolute atomic E-state index is 5.87. The molecule has 0 saturated heterocycles. The molecule has 4 aromatic carbocycles. The van der Waals surface area contributed by atoms with Crippen LogP contribution >= 0.6 is 11.8 Å². The van der Waals surface area contributed by atoms with E-state index in [1.807, 2.05) is 11.8 Å². The van der Waals surface area contributed by atoms with Crippen molar-refractivity contribution in [2.24, 2.45) is 0 Å². The number of hydrogen-bond acceptors (Lipinski definition) is 3. The third kappa shape index (κ3) is 13.9. The van der Waals surface area contributed by atoms with Gasteiger partial charge in [-0.15, -0.1) is 17.4 Å². The fraction of sp³-hybridized carbons (Fsp3) is 0.478. The van der Waals surface area contributed by atoms with Crippen molar-refractivity contribution in [3.8, 4) is 0 Å². The van der Waals surface area contributed by atoms with Crippen LogP contribution in [0.5, 0.6) is 0 Å². The molecule has 292 valence electrons. The maximum Gasteiger partial charge on any atom is 0 e. The van der Waals surface area contributed by atoms with Gasteiger partial charge in [0.2, 0.25) is 0 Å². The number of hydrogen-bond donors (Lipinski definition) is 0. The van der Waals surface area contributed by atoms with Crippen LogP contribution in [0.3, 0.4) is 0 Å². The molecule has 0 aliphatic rings. The van der Waals surface area contributed by atoms with Crippen LogP contribution in [0.1, 0.15) is 132 Å². The maximum atomic E-state index is 5.87. The van der Waals surface area contributed by atoms with E-state index < -0.39 is 21.1 Å². The van der Waals surface area contributed by atoms with Gasteiger partial charge in [0, 0.05) is 16.5 Å². The molecule has 0 spiro atoms. The van der Waals surface area contributed by atoms with Gasteiger partial charge in [-0.1, -0.05) is 84.4 Å². The van der Waals surface area contributed by atoms with Gasteiger partial charge in [-0.05, 0) is 39.5 Å². The molecule has 0 unspecified atom stereocenters. The summed E-state index contributed by atoms with van der Waals surface area (Å²) in [5, 5.41) is 10.1. The van der Waals surface area contributed by atoms with Crippen molar-refractivity contribution in [3.05, 3.63) is 106 Å². The molecule has 2 nitrogen and oxygen atoms in total. The van der Waals surface area contributed by atoms with Crippen molar-refractivity contribution < 1.29 is 16.5 Å². The molecule has 0 saturated carbocycles. The fourth-order valence-electron chi connectivity index (χ4n) is 5.50. The molecule has 0 atom stereocenters. The summed E-state index contributed by atoms with van der Waals surface area (Å²) < 4.78 is 2.83. The fourth-order valence-corrected chi connectivity index (χ4v) is 10.3. The van der Waals surface area contributed by atoms with E-state index in [2.05, 4.69) is 170 Å². The summed E-state index contributed by atoms with van der Waals surface area (Å²) in [6, 6.07) is 26.0. The second-order valence-electron chi connectivity index (χ2n) is 17.7. The van der Waals surface area contributed by atoms with Gasteiger partial charge < -0.3 is 17.9 Å². The molecule has 7 heteroatoms. The normalized spacial score (nSPS) is 12.0. The standard InChI is InChI=1S/C23H32NS2.C20H25NS.C3H7.Ni.Sn/c1-8-13-26-20-12-10-9-11-18(20)24-19-15-16(22(2,3)4)14-17(21(19)25)23(5,6)7;1-19(2,3)14-12-16(20(4,5)6)18(22)17(13-14)21-15-10-8-7-9-11-15;1-3-2;;/h9-12,14-15,25H,8,13H2,1-7H3;7-10,12-13,22H,1-6H3;1,3H2,2H3;;/q2*-1;;;/p-2. The van der Waals surface area contributed by atoms with Gasteiger partial charge in [0.25, 0.3) is 0 Å². The Morgan fingerprint density at radius 2 is 0.981 bits per heavy atom. The third-order valence-corrected chi connectivity index (χ3v) is 15.3. The van der Waals surface area contributed by atoms with Gasteiger partial charge in [-0.25, -0.2) is 0 Å². The Morgan fingerprint density at radius 3 is 1.42 bits per heavy atom. The number of para-hydroxylation sites is 2. The predicted octanol–water partition coefficient (Wildman–Crippen LogP) is 14.7. The Labute approximate surface area is 360 Å². The zero-order chi connectivity index (χ0) is 39.1. The van der Waals surface area contributed by atoms with Gasteiger partial charge in [-0.2, -0.15) is 10.6 Å². The number of benzene rings is 4. The molecule has 0 amide bonds. The number of rotatable bonds is 10. The van der Waals surface area contributed by atoms with E-state index in [9.17, 15) is 0 Å². The van der Waals surface area contributed by atoms with E-state index in [-0.39, 0.29) is 38.2 Å². The van der Waals surface area contributed by atoms with E-state index >= 15 is 0 Å². The SMILES string of the molecule is CCCSc1ccccc1[N-]c1cc(C(C)(C)C)cc(C(C)(C)C)c1[S-].CC[CH2][Sn][c]1ccccc1[N-]c1cc(C(C)(C)C)cc(C(C)(C)C)c1[S-].[Ni]. The van der Waals surface area contributed by atoms with Crippen molar-refractivity contribution in [1.82, 2.24) is 0 Å². The van der Waals surface area contributed by atoms with Crippen molar-refractivity contribution in [2.75, 3.05) is 5.75 Å². The van der Waals surface area contributed by atoms with Gasteiger partial charge in [-0.3, -0.25) is 0 Å². The van der Waals surface area contributed by atoms with Crippen molar-refractivity contribution >= 4 is 84.5 Å². The number of nitrogens with zero attached hydrogens (tertiary/aromatic N) is 2. The Kier molecular flexibility index (Phi) is 18.1. The summed E-state index contributed by atoms with van der Waals surface area (Å²) in [4.78, 5) is 3.00. The topological polar surface area (TPSA) is 28.2 Å². The van der Waals surface area contributed by atoms with Crippen LogP contribution in [0.2, 0.25) is 4.44 Å². The van der Waals surface area contributed by atoms with Crippen LogP contribution in [0.25, 0.3) is 10.6 Å². The molecule has 0 aliphatic carbocycles. The molecular formula is C46H62N2NiS3Sn-4. The van der Waals surface area contributed by atoms with Crippen LogP contribution < -0.4 is 3.58 Å². The quantitative estimate of drug-likeness (QED) is 0.0901. The first-order valence-corrected chi connectivity index (χ1v) is 24.0. The summed E-state index contributed by atoms with van der Waals surface area (Å²) in [6.45, 7) is 31.3. The zero-order valence-electron chi connectivity index (χ0n) is 34.7. The average molecular weight is 917 g/mol. The molecule has 2 radical (unpaired) electrons. The molecule has 4 rings (SSSR count). The molecule has 0 aromatic heterocycles. The molecule has 53 heavy (non-hydrogen) atoms. The first-order chi connectivity index (χ1) is 24.1. The first kappa shape index (κ1) is 47.7. The largest absolute Gasteiger partial charge is 0 e. The minimum atomic E-state index is -0.569. The Balaban J connectivity index is 0.000000360. The average Bonchev–Trinajstić information content (AvgIpc) is 3.04. The molecule has 0 N–H and O–H groups in total. The van der Waals surface area contributed by atoms with Gasteiger partial charge >= 0.3 is 177 Å². The summed E-state index contributed by atoms with van der Waals surface area (Å²) in [5.41, 5.74) is 9.20. The zero-order valence-corrected chi connectivity index (χ0v) is 41.0. The molecule has 0 fully saturated rings. The van der Waals surface area contributed by atoms with Crippen molar-refractivity contribution in [1.29, 1.82) is 0 Å². The van der Waals surface area contributed by atoms with E-state index in [1.165, 1.54) is 41.6 Å². The number of thioether (sulfide) groups is 1. The molecule has 0 aliphatic heterocycles. The predicted molar refractivity (Wildman–Crippen MR) is 239 cm³/mol. The van der Waals surface area contributed by atoms with E-state index in [1.54, 1.807) is 0 Å². The minimum absolute atomic E-state index is 0. The minimum Gasteiger partial charge on any atom is 0 e.